The van der Waals surface area contributed by atoms with Crippen molar-refractivity contribution in [3.63, 3.8) is 0 Å². The van der Waals surface area contributed by atoms with E-state index in [9.17, 15) is 0 Å². The van der Waals surface area contributed by atoms with Crippen molar-refractivity contribution in [1.29, 1.82) is 0 Å². The first-order chi connectivity index (χ1) is 5.75. The van der Waals surface area contributed by atoms with Crippen LogP contribution in [-0.2, 0) is 0 Å². The summed E-state index contributed by atoms with van der Waals surface area (Å²) in [5.41, 5.74) is 0. The number of thioether (sulfide) groups is 1. The molecule has 2 heteroatoms. The Morgan fingerprint density at radius 3 is 2.08 bits per heavy atom. The quantitative estimate of drug-likeness (QED) is 0.617. The Hall–Kier alpha value is 0.310. The van der Waals surface area contributed by atoms with E-state index in [4.69, 9.17) is 0 Å². The molecule has 1 nitrogen and oxygen atoms in total. The summed E-state index contributed by atoms with van der Waals surface area (Å²) in [4.78, 5) is 2.72. The molecular weight excluding hydrogens is 166 g/mol. The molecule has 1 aliphatic carbocycles. The highest BCUT2D eigenvalue weighted by molar-refractivity contribution is 8.00. The average Bonchev–Trinajstić information content (AvgIpc) is 1.79. The minimum atomic E-state index is 0.856. The van der Waals surface area contributed by atoms with Crippen LogP contribution in [0.4, 0.5) is 0 Å². The van der Waals surface area contributed by atoms with Gasteiger partial charge < -0.3 is 0 Å². The maximum absolute atomic E-state index is 2.72. The van der Waals surface area contributed by atoms with Crippen molar-refractivity contribution in [1.82, 2.24) is 4.90 Å². The highest BCUT2D eigenvalue weighted by Gasteiger charge is 2.30. The van der Waals surface area contributed by atoms with Crippen LogP contribution in [0.1, 0.15) is 33.1 Å². The summed E-state index contributed by atoms with van der Waals surface area (Å²) in [6.45, 7) is 7.40. The van der Waals surface area contributed by atoms with Gasteiger partial charge in [0.25, 0.3) is 0 Å². The fourth-order valence-corrected chi connectivity index (χ4v) is 3.62. The van der Waals surface area contributed by atoms with Crippen LogP contribution in [0.15, 0.2) is 0 Å². The first-order valence-electron chi connectivity index (χ1n) is 5.15. The molecule has 2 rings (SSSR count). The van der Waals surface area contributed by atoms with Crippen LogP contribution >= 0.6 is 11.8 Å². The van der Waals surface area contributed by atoms with E-state index in [1.54, 1.807) is 0 Å². The van der Waals surface area contributed by atoms with Crippen LogP contribution in [0.25, 0.3) is 0 Å². The Morgan fingerprint density at radius 2 is 1.67 bits per heavy atom. The van der Waals surface area contributed by atoms with Gasteiger partial charge in [-0.1, -0.05) is 20.3 Å². The van der Waals surface area contributed by atoms with Crippen molar-refractivity contribution in [2.75, 3.05) is 13.1 Å². The van der Waals surface area contributed by atoms with Gasteiger partial charge in [-0.05, 0) is 12.8 Å². The van der Waals surface area contributed by atoms with Gasteiger partial charge in [0.05, 0.1) is 0 Å². The summed E-state index contributed by atoms with van der Waals surface area (Å²) in [7, 11) is 0. The highest BCUT2D eigenvalue weighted by Crippen LogP contribution is 2.31. The normalized spacial score (nSPS) is 39.5. The zero-order valence-electron chi connectivity index (χ0n) is 8.12. The van der Waals surface area contributed by atoms with Crippen molar-refractivity contribution in [2.24, 2.45) is 0 Å². The van der Waals surface area contributed by atoms with Crippen molar-refractivity contribution >= 4 is 11.8 Å². The summed E-state index contributed by atoms with van der Waals surface area (Å²) in [6, 6.07) is 0.954. The molecule has 1 saturated carbocycles. The lowest BCUT2D eigenvalue weighted by molar-refractivity contribution is 0.126. The lowest BCUT2D eigenvalue weighted by Gasteiger charge is -2.43. The van der Waals surface area contributed by atoms with Crippen LogP contribution in [-0.4, -0.2) is 34.5 Å². The van der Waals surface area contributed by atoms with Crippen LogP contribution in [0.5, 0.6) is 0 Å². The molecule has 0 aromatic heterocycles. The van der Waals surface area contributed by atoms with E-state index in [0.29, 0.717) is 0 Å². The predicted molar refractivity (Wildman–Crippen MR) is 55.7 cm³/mol. The van der Waals surface area contributed by atoms with Crippen molar-refractivity contribution < 1.29 is 0 Å². The number of rotatable bonds is 1. The maximum Gasteiger partial charge on any atom is 0.0149 e. The van der Waals surface area contributed by atoms with Crippen LogP contribution in [0, 0.1) is 0 Å². The molecule has 0 radical (unpaired) electrons. The molecule has 2 fully saturated rings. The smallest absolute Gasteiger partial charge is 0.0149 e. The molecule has 2 aliphatic rings. The molecule has 12 heavy (non-hydrogen) atoms. The predicted octanol–water partition coefficient (Wildman–Crippen LogP) is 2.36. The molecule has 0 bridgehead atoms. The summed E-state index contributed by atoms with van der Waals surface area (Å²) >= 11 is 2.16. The number of nitrogens with zero attached hydrogens (tertiary/aromatic N) is 1. The lowest BCUT2D eigenvalue weighted by Crippen LogP contribution is -2.48. The van der Waals surface area contributed by atoms with E-state index in [-0.39, 0.29) is 0 Å². The SMILES string of the molecule is CC1CN(C2CCC2)CC(C)S1. The molecule has 0 N–H and O–H groups in total. The molecule has 1 aliphatic heterocycles. The Labute approximate surface area is 79.9 Å². The van der Waals surface area contributed by atoms with Gasteiger partial charge in [-0.15, -0.1) is 0 Å². The van der Waals surface area contributed by atoms with Gasteiger partial charge in [-0.3, -0.25) is 4.90 Å². The average molecular weight is 185 g/mol. The fourth-order valence-electron chi connectivity index (χ4n) is 2.27. The van der Waals surface area contributed by atoms with E-state index in [0.717, 1.165) is 16.5 Å². The van der Waals surface area contributed by atoms with Crippen LogP contribution in [0.2, 0.25) is 0 Å². The van der Waals surface area contributed by atoms with Gasteiger partial charge in [-0.25, -0.2) is 0 Å². The molecular formula is C10H19NS. The summed E-state index contributed by atoms with van der Waals surface area (Å²) in [5, 5.41) is 1.71. The first kappa shape index (κ1) is 8.89. The van der Waals surface area contributed by atoms with Crippen LogP contribution < -0.4 is 0 Å². The largest absolute Gasteiger partial charge is 0.298 e. The summed E-state index contributed by atoms with van der Waals surface area (Å²) in [5.74, 6) is 0. The third kappa shape index (κ3) is 1.80. The van der Waals surface area contributed by atoms with Gasteiger partial charge in [0.2, 0.25) is 0 Å². The van der Waals surface area contributed by atoms with E-state index in [1.807, 2.05) is 0 Å². The number of hydrogen-bond acceptors (Lipinski definition) is 2. The van der Waals surface area contributed by atoms with Gasteiger partial charge >= 0.3 is 0 Å². The molecule has 0 aromatic carbocycles. The Bertz CT molecular complexity index is 146. The summed E-state index contributed by atoms with van der Waals surface area (Å²) in [6.07, 6.45) is 4.39. The molecule has 1 saturated heterocycles. The molecule has 70 valence electrons. The van der Waals surface area contributed by atoms with Gasteiger partial charge in [-0.2, -0.15) is 11.8 Å². The molecule has 0 amide bonds. The minimum Gasteiger partial charge on any atom is -0.298 e. The minimum absolute atomic E-state index is 0.856. The molecule has 2 atom stereocenters. The Kier molecular flexibility index (Phi) is 2.66. The zero-order valence-corrected chi connectivity index (χ0v) is 8.94. The second kappa shape index (κ2) is 3.59. The van der Waals surface area contributed by atoms with Gasteiger partial charge in [0, 0.05) is 29.6 Å². The second-order valence-corrected chi connectivity index (χ2v) is 6.18. The first-order valence-corrected chi connectivity index (χ1v) is 6.09. The van der Waals surface area contributed by atoms with E-state index in [2.05, 4.69) is 30.5 Å². The molecule has 0 aromatic rings. The topological polar surface area (TPSA) is 3.24 Å². The fraction of sp³-hybridized carbons (Fsp3) is 1.00. The van der Waals surface area contributed by atoms with Crippen molar-refractivity contribution in [2.45, 2.75) is 49.7 Å². The van der Waals surface area contributed by atoms with Gasteiger partial charge in [0.15, 0.2) is 0 Å². The monoisotopic (exact) mass is 185 g/mol. The van der Waals surface area contributed by atoms with E-state index in [1.165, 1.54) is 32.4 Å². The standard InChI is InChI=1S/C10H19NS/c1-8-6-11(7-9(2)12-8)10-4-3-5-10/h8-10H,3-7H2,1-2H3. The third-order valence-corrected chi connectivity index (χ3v) is 4.27. The number of hydrogen-bond donors (Lipinski definition) is 0. The second-order valence-electron chi connectivity index (χ2n) is 4.30. The van der Waals surface area contributed by atoms with Crippen molar-refractivity contribution in [3.8, 4) is 0 Å². The van der Waals surface area contributed by atoms with E-state index < -0.39 is 0 Å². The third-order valence-electron chi connectivity index (χ3n) is 3.04. The Balaban J connectivity index is 1.87. The molecule has 1 heterocycles. The lowest BCUT2D eigenvalue weighted by atomic mass is 9.91. The summed E-state index contributed by atoms with van der Waals surface area (Å²) < 4.78 is 0. The van der Waals surface area contributed by atoms with Gasteiger partial charge in [0.1, 0.15) is 0 Å². The zero-order chi connectivity index (χ0) is 8.55. The molecule has 2 unspecified atom stereocenters. The Morgan fingerprint density at radius 1 is 1.08 bits per heavy atom. The van der Waals surface area contributed by atoms with E-state index >= 15 is 0 Å². The van der Waals surface area contributed by atoms with Crippen molar-refractivity contribution in [3.05, 3.63) is 0 Å². The van der Waals surface area contributed by atoms with Crippen LogP contribution in [0.3, 0.4) is 0 Å². The highest BCUT2D eigenvalue weighted by atomic mass is 32.2. The maximum atomic E-state index is 2.72. The molecule has 0 spiro atoms.